The number of carbonyl (C=O) groups excluding carboxylic acids is 2. The molecule has 8 atom stereocenters. The van der Waals surface area contributed by atoms with Gasteiger partial charge >= 0.3 is 5.97 Å². The van der Waals surface area contributed by atoms with Crippen LogP contribution in [0.15, 0.2) is 0 Å². The molecule has 0 spiro atoms. The number of rotatable bonds is 1. The number of hydrogen-bond acceptors (Lipinski definition) is 5. The van der Waals surface area contributed by atoms with Crippen LogP contribution in [0.25, 0.3) is 0 Å². The minimum absolute atomic E-state index is 0.0579. The molecule has 0 aromatic carbocycles. The molecule has 2 N–H and O–H groups in total. The molecule has 134 valence electrons. The van der Waals surface area contributed by atoms with Gasteiger partial charge in [0, 0.05) is 5.92 Å². The van der Waals surface area contributed by atoms with Crippen LogP contribution in [0, 0.1) is 23.7 Å². The van der Waals surface area contributed by atoms with Crippen LogP contribution in [0.3, 0.4) is 0 Å². The van der Waals surface area contributed by atoms with Gasteiger partial charge in [0.1, 0.15) is 11.9 Å². The lowest BCUT2D eigenvalue weighted by atomic mass is 9.81. The maximum absolute atomic E-state index is 12.6. The molecule has 0 aromatic heterocycles. The molecule has 1 aliphatic rings. The van der Waals surface area contributed by atoms with Crippen LogP contribution < -0.4 is 0 Å². The summed E-state index contributed by atoms with van der Waals surface area (Å²) < 4.78 is 5.00. The quantitative estimate of drug-likeness (QED) is 0.372. The van der Waals surface area contributed by atoms with E-state index >= 15 is 0 Å². The Bertz CT molecular complexity index is 427. The van der Waals surface area contributed by atoms with Crippen molar-refractivity contribution >= 4 is 34.3 Å². The molecular formula is C17H29IO5. The van der Waals surface area contributed by atoms with Crippen molar-refractivity contribution in [3.05, 3.63) is 0 Å². The third-order valence-corrected chi connectivity index (χ3v) is 6.48. The molecule has 5 unspecified atom stereocenters. The summed E-state index contributed by atoms with van der Waals surface area (Å²) in [7, 11) is 0. The highest BCUT2D eigenvalue weighted by atomic mass is 127. The van der Waals surface area contributed by atoms with E-state index in [0.717, 1.165) is 0 Å². The standard InChI is InChI=1S/C17H29IO5/c1-6-12-10(4)14(19)8(2)7-9(3)15(20)13(18)16(21)11(5)17(22)23-12/h8-13,15-16,20-21H,6-7H2,1-5H3/t8?,9?,10?,11?,12?,13-,15+,16-/m1/s1. The van der Waals surface area contributed by atoms with E-state index in [4.69, 9.17) is 4.74 Å². The van der Waals surface area contributed by atoms with E-state index in [1.54, 1.807) is 13.8 Å². The van der Waals surface area contributed by atoms with E-state index in [-0.39, 0.29) is 23.5 Å². The van der Waals surface area contributed by atoms with E-state index in [1.807, 2.05) is 43.4 Å². The van der Waals surface area contributed by atoms with Crippen molar-refractivity contribution in [2.45, 2.75) is 69.7 Å². The second kappa shape index (κ2) is 8.76. The van der Waals surface area contributed by atoms with Crippen LogP contribution in [-0.4, -0.2) is 44.2 Å². The van der Waals surface area contributed by atoms with Crippen molar-refractivity contribution in [2.75, 3.05) is 0 Å². The zero-order chi connectivity index (χ0) is 17.9. The maximum atomic E-state index is 12.6. The van der Waals surface area contributed by atoms with Crippen molar-refractivity contribution in [2.24, 2.45) is 23.7 Å². The zero-order valence-electron chi connectivity index (χ0n) is 14.5. The highest BCUT2D eigenvalue weighted by Gasteiger charge is 2.39. The molecular weight excluding hydrogens is 411 g/mol. The molecule has 0 bridgehead atoms. The van der Waals surface area contributed by atoms with Crippen molar-refractivity contribution in [3.63, 3.8) is 0 Å². The molecule has 1 saturated heterocycles. The lowest BCUT2D eigenvalue weighted by Crippen LogP contribution is -2.45. The average Bonchev–Trinajstić information content (AvgIpc) is 2.54. The van der Waals surface area contributed by atoms with Gasteiger partial charge in [0.05, 0.1) is 28.0 Å². The van der Waals surface area contributed by atoms with Crippen LogP contribution in [0.5, 0.6) is 0 Å². The maximum Gasteiger partial charge on any atom is 0.311 e. The molecule has 23 heavy (non-hydrogen) atoms. The minimum atomic E-state index is -0.987. The second-order valence-electron chi connectivity index (χ2n) is 6.90. The molecule has 1 heterocycles. The van der Waals surface area contributed by atoms with E-state index in [0.29, 0.717) is 12.8 Å². The Morgan fingerprint density at radius 1 is 1.09 bits per heavy atom. The summed E-state index contributed by atoms with van der Waals surface area (Å²) >= 11 is 1.98. The Morgan fingerprint density at radius 2 is 1.65 bits per heavy atom. The van der Waals surface area contributed by atoms with Gasteiger partial charge in [-0.15, -0.1) is 0 Å². The van der Waals surface area contributed by atoms with Gasteiger partial charge in [-0.25, -0.2) is 0 Å². The van der Waals surface area contributed by atoms with Gasteiger partial charge in [0.25, 0.3) is 0 Å². The van der Waals surface area contributed by atoms with Crippen molar-refractivity contribution in [1.29, 1.82) is 0 Å². The van der Waals surface area contributed by atoms with Crippen molar-refractivity contribution < 1.29 is 24.5 Å². The number of cyclic esters (lactones) is 1. The zero-order valence-corrected chi connectivity index (χ0v) is 16.7. The van der Waals surface area contributed by atoms with Crippen molar-refractivity contribution in [3.8, 4) is 0 Å². The topological polar surface area (TPSA) is 83.8 Å². The number of aliphatic hydroxyl groups is 2. The summed E-state index contributed by atoms with van der Waals surface area (Å²) in [5.41, 5.74) is 0. The first-order valence-electron chi connectivity index (χ1n) is 8.36. The number of aliphatic hydroxyl groups excluding tert-OH is 2. The molecule has 6 heteroatoms. The van der Waals surface area contributed by atoms with Gasteiger partial charge in [-0.3, -0.25) is 9.59 Å². The van der Waals surface area contributed by atoms with Gasteiger partial charge in [-0.1, -0.05) is 50.3 Å². The fourth-order valence-electron chi connectivity index (χ4n) is 3.17. The second-order valence-corrected chi connectivity index (χ2v) is 8.34. The van der Waals surface area contributed by atoms with Gasteiger partial charge < -0.3 is 14.9 Å². The van der Waals surface area contributed by atoms with E-state index in [9.17, 15) is 19.8 Å². The first-order valence-corrected chi connectivity index (χ1v) is 9.60. The summed E-state index contributed by atoms with van der Waals surface area (Å²) in [5.74, 6) is -1.95. The fraction of sp³-hybridized carbons (Fsp3) is 0.882. The first-order chi connectivity index (χ1) is 10.6. The largest absolute Gasteiger partial charge is 0.461 e. The predicted octanol–water partition coefficient (Wildman–Crippen LogP) is 2.35. The molecule has 0 saturated carbocycles. The number of carbonyl (C=O) groups is 2. The summed E-state index contributed by atoms with van der Waals surface area (Å²) in [6.45, 7) is 9.00. The highest BCUT2D eigenvalue weighted by molar-refractivity contribution is 14.1. The number of halogens is 1. The van der Waals surface area contributed by atoms with Gasteiger partial charge in [0.2, 0.25) is 0 Å². The van der Waals surface area contributed by atoms with Gasteiger partial charge in [0.15, 0.2) is 0 Å². The third-order valence-electron chi connectivity index (χ3n) is 5.01. The molecule has 0 amide bonds. The normalized spacial score (nSPS) is 44.2. The van der Waals surface area contributed by atoms with Gasteiger partial charge in [-0.2, -0.15) is 0 Å². The number of alkyl halides is 1. The van der Waals surface area contributed by atoms with Crippen LogP contribution in [0.2, 0.25) is 0 Å². The SMILES string of the molecule is CCC1OC(=O)C(C)[C@@H](O)[C@H](I)[C@@H](O)C(C)CC(C)C(=O)C1C. The van der Waals surface area contributed by atoms with Crippen molar-refractivity contribution in [1.82, 2.24) is 0 Å². The van der Waals surface area contributed by atoms with Crippen LogP contribution in [0.4, 0.5) is 0 Å². The third kappa shape index (κ3) is 4.89. The summed E-state index contributed by atoms with van der Waals surface area (Å²) in [6.07, 6.45) is -1.14. The Balaban J connectivity index is 3.13. The summed E-state index contributed by atoms with van der Waals surface area (Å²) in [4.78, 5) is 24.9. The molecule has 5 nitrogen and oxygen atoms in total. The lowest BCUT2D eigenvalue weighted by molar-refractivity contribution is -0.162. The number of ether oxygens (including phenoxy) is 1. The van der Waals surface area contributed by atoms with Crippen LogP contribution in [-0.2, 0) is 14.3 Å². The van der Waals surface area contributed by atoms with E-state index in [1.165, 1.54) is 0 Å². The minimum Gasteiger partial charge on any atom is -0.461 e. The molecule has 0 aromatic rings. The van der Waals surface area contributed by atoms with Crippen LogP contribution >= 0.6 is 22.6 Å². The Labute approximate surface area is 152 Å². The number of esters is 1. The lowest BCUT2D eigenvalue weighted by Gasteiger charge is -2.34. The van der Waals surface area contributed by atoms with Crippen LogP contribution in [0.1, 0.15) is 47.5 Å². The number of ketones is 1. The molecule has 0 radical (unpaired) electrons. The first kappa shape index (κ1) is 20.8. The summed E-state index contributed by atoms with van der Waals surface area (Å²) in [6, 6.07) is 0. The average molecular weight is 440 g/mol. The molecule has 1 rings (SSSR count). The Kier molecular flexibility index (Phi) is 7.93. The molecule has 1 fully saturated rings. The Morgan fingerprint density at radius 3 is 2.17 bits per heavy atom. The van der Waals surface area contributed by atoms with E-state index < -0.39 is 34.1 Å². The highest BCUT2D eigenvalue weighted by Crippen LogP contribution is 2.30. The number of hydrogen-bond donors (Lipinski definition) is 2. The summed E-state index contributed by atoms with van der Waals surface area (Å²) in [5, 5.41) is 20.8. The number of Topliss-reactive ketones (excluding diaryl/α,β-unsaturated/α-hetero) is 1. The van der Waals surface area contributed by atoms with E-state index in [2.05, 4.69) is 0 Å². The fourth-order valence-corrected chi connectivity index (χ4v) is 4.50. The molecule has 0 aliphatic carbocycles. The monoisotopic (exact) mass is 440 g/mol. The molecule has 1 aliphatic heterocycles. The smallest absolute Gasteiger partial charge is 0.311 e. The predicted molar refractivity (Wildman–Crippen MR) is 96.3 cm³/mol. The Hall–Kier alpha value is -0.210. The van der Waals surface area contributed by atoms with Gasteiger partial charge in [-0.05, 0) is 25.7 Å².